The lowest BCUT2D eigenvalue weighted by atomic mass is 10.2. The molecule has 2 heterocycles. The molecule has 0 bridgehead atoms. The Labute approximate surface area is 89.4 Å². The van der Waals surface area contributed by atoms with Crippen molar-refractivity contribution in [1.82, 2.24) is 4.98 Å². The van der Waals surface area contributed by atoms with Crippen LogP contribution in [0.4, 0.5) is 0 Å². The van der Waals surface area contributed by atoms with Crippen LogP contribution in [0.25, 0.3) is 11.3 Å². The van der Waals surface area contributed by atoms with Crippen LogP contribution in [0.3, 0.4) is 0 Å². The van der Waals surface area contributed by atoms with Crippen LogP contribution >= 0.6 is 11.3 Å². The summed E-state index contributed by atoms with van der Waals surface area (Å²) >= 11 is 1.70. The van der Waals surface area contributed by atoms with Gasteiger partial charge in [-0.1, -0.05) is 19.9 Å². The molecule has 0 atom stereocenters. The van der Waals surface area contributed by atoms with Gasteiger partial charge in [0.05, 0.1) is 5.69 Å². The number of aryl methyl sites for hydroxylation is 1. The summed E-state index contributed by atoms with van der Waals surface area (Å²) in [5.41, 5.74) is 3.35. The van der Waals surface area contributed by atoms with Gasteiger partial charge < -0.3 is 0 Å². The fourth-order valence-electron chi connectivity index (χ4n) is 1.11. The fourth-order valence-corrected chi connectivity index (χ4v) is 1.76. The molecule has 0 saturated carbocycles. The third kappa shape index (κ3) is 2.67. The zero-order valence-corrected chi connectivity index (χ0v) is 9.64. The van der Waals surface area contributed by atoms with Crippen molar-refractivity contribution in [3.05, 3.63) is 40.7 Å². The number of hydrogen-bond donors (Lipinski definition) is 0. The summed E-state index contributed by atoms with van der Waals surface area (Å²) in [6.45, 7) is 6.01. The second-order valence-electron chi connectivity index (χ2n) is 2.68. The Morgan fingerprint density at radius 2 is 1.93 bits per heavy atom. The Kier molecular flexibility index (Phi) is 4.33. The highest BCUT2D eigenvalue weighted by molar-refractivity contribution is 7.08. The van der Waals surface area contributed by atoms with Crippen LogP contribution in [0.15, 0.2) is 35.0 Å². The van der Waals surface area contributed by atoms with Gasteiger partial charge in [0.2, 0.25) is 0 Å². The highest BCUT2D eigenvalue weighted by Crippen LogP contribution is 2.19. The number of thiophene rings is 1. The molecule has 14 heavy (non-hydrogen) atoms. The highest BCUT2D eigenvalue weighted by Gasteiger charge is 1.97. The molecular weight excluding hydrogens is 190 g/mol. The van der Waals surface area contributed by atoms with Gasteiger partial charge in [0.25, 0.3) is 0 Å². The Bertz CT molecular complexity index is 366. The largest absolute Gasteiger partial charge is 0.253 e. The second kappa shape index (κ2) is 5.55. The molecule has 0 radical (unpaired) electrons. The molecule has 0 unspecified atom stereocenters. The normalized spacial score (nSPS) is 9.07. The Hall–Kier alpha value is -1.15. The van der Waals surface area contributed by atoms with Crippen LogP contribution in [0.5, 0.6) is 0 Å². The molecule has 0 saturated heterocycles. The number of nitrogens with zero attached hydrogens (tertiary/aromatic N) is 1. The van der Waals surface area contributed by atoms with Gasteiger partial charge in [-0.3, -0.25) is 4.98 Å². The minimum atomic E-state index is 1.07. The van der Waals surface area contributed by atoms with E-state index in [4.69, 9.17) is 0 Å². The summed E-state index contributed by atoms with van der Waals surface area (Å²) in [4.78, 5) is 4.42. The van der Waals surface area contributed by atoms with E-state index in [1.165, 1.54) is 5.56 Å². The summed E-state index contributed by atoms with van der Waals surface area (Å²) in [6.07, 6.45) is 0. The van der Waals surface area contributed by atoms with E-state index in [-0.39, 0.29) is 0 Å². The lowest BCUT2D eigenvalue weighted by Crippen LogP contribution is -1.83. The van der Waals surface area contributed by atoms with Gasteiger partial charge in [0.15, 0.2) is 0 Å². The van der Waals surface area contributed by atoms with E-state index in [1.54, 1.807) is 11.3 Å². The summed E-state index contributed by atoms with van der Waals surface area (Å²) in [5, 5.41) is 4.18. The van der Waals surface area contributed by atoms with E-state index in [2.05, 4.69) is 21.8 Å². The van der Waals surface area contributed by atoms with Crippen molar-refractivity contribution in [3.8, 4) is 11.3 Å². The molecule has 0 amide bonds. The molecule has 0 fully saturated rings. The standard InChI is InChI=1S/C10H9NS.C2H6/c1-8-3-2-4-10(11-8)9-5-6-12-7-9;1-2/h2-7H,1H3;1-2H3. The molecule has 0 aliphatic heterocycles. The number of aromatic nitrogens is 1. The molecule has 1 nitrogen and oxygen atoms in total. The summed E-state index contributed by atoms with van der Waals surface area (Å²) in [6, 6.07) is 8.17. The van der Waals surface area contributed by atoms with Gasteiger partial charge in [-0.25, -0.2) is 0 Å². The quantitative estimate of drug-likeness (QED) is 0.681. The molecule has 0 aliphatic carbocycles. The highest BCUT2D eigenvalue weighted by atomic mass is 32.1. The van der Waals surface area contributed by atoms with Crippen molar-refractivity contribution in [3.63, 3.8) is 0 Å². The van der Waals surface area contributed by atoms with E-state index in [0.29, 0.717) is 0 Å². The maximum absolute atomic E-state index is 4.42. The molecule has 0 aromatic carbocycles. The van der Waals surface area contributed by atoms with Crippen molar-refractivity contribution in [2.24, 2.45) is 0 Å². The van der Waals surface area contributed by atoms with Crippen LogP contribution in [-0.2, 0) is 0 Å². The predicted molar refractivity (Wildman–Crippen MR) is 63.6 cm³/mol. The zero-order valence-electron chi connectivity index (χ0n) is 8.82. The van der Waals surface area contributed by atoms with Crippen LogP contribution < -0.4 is 0 Å². The van der Waals surface area contributed by atoms with E-state index in [1.807, 2.05) is 39.0 Å². The van der Waals surface area contributed by atoms with Crippen molar-refractivity contribution in [1.29, 1.82) is 0 Å². The van der Waals surface area contributed by atoms with Crippen molar-refractivity contribution in [2.45, 2.75) is 20.8 Å². The fraction of sp³-hybridized carbons (Fsp3) is 0.250. The van der Waals surface area contributed by atoms with Crippen LogP contribution in [0.1, 0.15) is 19.5 Å². The molecule has 2 aromatic rings. The van der Waals surface area contributed by atoms with Crippen LogP contribution in [0.2, 0.25) is 0 Å². The van der Waals surface area contributed by atoms with Crippen LogP contribution in [-0.4, -0.2) is 4.98 Å². The van der Waals surface area contributed by atoms with Gasteiger partial charge in [0, 0.05) is 16.6 Å². The third-order valence-electron chi connectivity index (χ3n) is 1.71. The monoisotopic (exact) mass is 205 g/mol. The number of pyridine rings is 1. The van der Waals surface area contributed by atoms with Gasteiger partial charge >= 0.3 is 0 Å². The van der Waals surface area contributed by atoms with Gasteiger partial charge in [0.1, 0.15) is 0 Å². The minimum Gasteiger partial charge on any atom is -0.253 e. The first-order chi connectivity index (χ1) is 6.86. The Balaban J connectivity index is 0.000000461. The maximum atomic E-state index is 4.42. The molecule has 2 rings (SSSR count). The van der Waals surface area contributed by atoms with Gasteiger partial charge in [-0.2, -0.15) is 11.3 Å². The lowest BCUT2D eigenvalue weighted by molar-refractivity contribution is 1.21. The van der Waals surface area contributed by atoms with E-state index >= 15 is 0 Å². The molecular formula is C12H15NS. The Morgan fingerprint density at radius 3 is 2.50 bits per heavy atom. The number of hydrogen-bond acceptors (Lipinski definition) is 2. The van der Waals surface area contributed by atoms with Gasteiger partial charge in [-0.15, -0.1) is 0 Å². The molecule has 0 N–H and O–H groups in total. The van der Waals surface area contributed by atoms with Crippen molar-refractivity contribution < 1.29 is 0 Å². The van der Waals surface area contributed by atoms with E-state index in [0.717, 1.165) is 11.4 Å². The molecule has 0 aliphatic rings. The van der Waals surface area contributed by atoms with Crippen molar-refractivity contribution in [2.75, 3.05) is 0 Å². The minimum absolute atomic E-state index is 1.07. The molecule has 2 aromatic heterocycles. The topological polar surface area (TPSA) is 12.9 Å². The summed E-state index contributed by atoms with van der Waals surface area (Å²) in [5.74, 6) is 0. The first-order valence-electron chi connectivity index (χ1n) is 4.82. The summed E-state index contributed by atoms with van der Waals surface area (Å²) in [7, 11) is 0. The first-order valence-corrected chi connectivity index (χ1v) is 5.77. The zero-order chi connectivity index (χ0) is 10.4. The number of rotatable bonds is 1. The smallest absolute Gasteiger partial charge is 0.0713 e. The average Bonchev–Trinajstić information content (AvgIpc) is 2.74. The van der Waals surface area contributed by atoms with Crippen LogP contribution in [0, 0.1) is 6.92 Å². The van der Waals surface area contributed by atoms with Gasteiger partial charge in [-0.05, 0) is 30.5 Å². The van der Waals surface area contributed by atoms with Crippen molar-refractivity contribution >= 4 is 11.3 Å². The third-order valence-corrected chi connectivity index (χ3v) is 2.39. The predicted octanol–water partition coefficient (Wildman–Crippen LogP) is 4.14. The average molecular weight is 205 g/mol. The molecule has 2 heteroatoms. The SMILES string of the molecule is CC.Cc1cccc(-c2ccsc2)n1. The Morgan fingerprint density at radius 1 is 1.14 bits per heavy atom. The summed E-state index contributed by atoms with van der Waals surface area (Å²) < 4.78 is 0. The maximum Gasteiger partial charge on any atom is 0.0713 e. The lowest BCUT2D eigenvalue weighted by Gasteiger charge is -1.96. The second-order valence-corrected chi connectivity index (χ2v) is 3.46. The van der Waals surface area contributed by atoms with E-state index in [9.17, 15) is 0 Å². The first kappa shape index (κ1) is 10.9. The molecule has 74 valence electrons. The molecule has 0 spiro atoms. The van der Waals surface area contributed by atoms with E-state index < -0.39 is 0 Å².